The summed E-state index contributed by atoms with van der Waals surface area (Å²) in [6.07, 6.45) is 5.20. The Morgan fingerprint density at radius 2 is 2.36 bits per heavy atom. The molecular formula is C9H13IN2OS. The fourth-order valence-corrected chi connectivity index (χ4v) is 3.09. The molecule has 3 nitrogen and oxygen atoms in total. The number of carbonyl (C=O) groups excluding carboxylic acids is 1. The zero-order valence-electron chi connectivity index (χ0n) is 7.75. The molecule has 2 unspecified atom stereocenters. The maximum absolute atomic E-state index is 11.8. The van der Waals surface area contributed by atoms with Crippen molar-refractivity contribution in [3.05, 3.63) is 12.7 Å². The van der Waals surface area contributed by atoms with Gasteiger partial charge in [-0.05, 0) is 31.2 Å². The van der Waals surface area contributed by atoms with Crippen LogP contribution in [-0.4, -0.2) is 16.7 Å². The van der Waals surface area contributed by atoms with Crippen LogP contribution < -0.4 is 8.25 Å². The third-order valence-electron chi connectivity index (χ3n) is 2.72. The van der Waals surface area contributed by atoms with E-state index in [1.807, 2.05) is 6.08 Å². The van der Waals surface area contributed by atoms with E-state index >= 15 is 0 Å². The van der Waals surface area contributed by atoms with Gasteiger partial charge in [-0.1, -0.05) is 6.08 Å². The molecule has 0 spiro atoms. The van der Waals surface area contributed by atoms with Crippen LogP contribution in [0.25, 0.3) is 0 Å². The second-order valence-corrected chi connectivity index (χ2v) is 5.51. The largest absolute Gasteiger partial charge is 0.298 e. The van der Waals surface area contributed by atoms with Gasteiger partial charge in [0, 0.05) is 34.0 Å². The number of hydrogen-bond acceptors (Lipinski definition) is 3. The molecule has 0 aromatic rings. The zero-order chi connectivity index (χ0) is 10.2. The molecule has 2 atom stereocenters. The lowest BCUT2D eigenvalue weighted by Crippen LogP contribution is -2.41. The summed E-state index contributed by atoms with van der Waals surface area (Å²) in [4.78, 5) is 11.8. The molecule has 2 aliphatic rings. The third kappa shape index (κ3) is 1.94. The van der Waals surface area contributed by atoms with Crippen molar-refractivity contribution in [1.82, 2.24) is 8.25 Å². The van der Waals surface area contributed by atoms with E-state index in [0.29, 0.717) is 11.2 Å². The van der Waals surface area contributed by atoms with E-state index in [1.54, 1.807) is 11.9 Å². The van der Waals surface area contributed by atoms with Gasteiger partial charge in [-0.15, -0.1) is 6.58 Å². The van der Waals surface area contributed by atoms with Gasteiger partial charge in [0.05, 0.1) is 0 Å². The number of hydrogen-bond donors (Lipinski definition) is 2. The molecule has 5 heteroatoms. The second kappa shape index (κ2) is 4.02. The molecule has 0 aromatic heterocycles. The first-order valence-corrected chi connectivity index (χ1v) is 6.65. The van der Waals surface area contributed by atoms with Gasteiger partial charge in [0.2, 0.25) is 0 Å². The topological polar surface area (TPSA) is 41.1 Å². The monoisotopic (exact) mass is 324 g/mol. The summed E-state index contributed by atoms with van der Waals surface area (Å²) in [5.74, 6) is 0.396. The zero-order valence-corrected chi connectivity index (χ0v) is 10.7. The van der Waals surface area contributed by atoms with Gasteiger partial charge >= 0.3 is 0 Å². The average Bonchev–Trinajstić information content (AvgIpc) is 3.08. The standard InChI is InChI=1S/C9H13IN2OS/c1-2-6-5-9(6,12-10)8(13)11-14-7-3-4-7/h2,6-7,12H,1,3-5H2,(H,11,13). The van der Waals surface area contributed by atoms with Gasteiger partial charge < -0.3 is 0 Å². The maximum Gasteiger partial charge on any atom is 0.251 e. The van der Waals surface area contributed by atoms with E-state index in [-0.39, 0.29) is 11.4 Å². The SMILES string of the molecule is C=CC1CC1(NI)C(=O)NSC1CC1. The Balaban J connectivity index is 1.85. The summed E-state index contributed by atoms with van der Waals surface area (Å²) in [7, 11) is 0. The van der Waals surface area contributed by atoms with Crippen LogP contribution in [0.2, 0.25) is 0 Å². The lowest BCUT2D eigenvalue weighted by atomic mass is 10.2. The number of rotatable bonds is 5. The van der Waals surface area contributed by atoms with Crippen molar-refractivity contribution >= 4 is 40.7 Å². The summed E-state index contributed by atoms with van der Waals surface area (Å²) in [5.41, 5.74) is -0.371. The minimum atomic E-state index is -0.371. The fraction of sp³-hybridized carbons (Fsp3) is 0.667. The van der Waals surface area contributed by atoms with E-state index in [9.17, 15) is 4.79 Å². The first kappa shape index (κ1) is 10.8. The van der Waals surface area contributed by atoms with Gasteiger partial charge in [-0.2, -0.15) is 0 Å². The molecule has 0 bridgehead atoms. The van der Waals surface area contributed by atoms with E-state index in [4.69, 9.17) is 0 Å². The summed E-state index contributed by atoms with van der Waals surface area (Å²) in [6.45, 7) is 3.73. The Morgan fingerprint density at radius 3 is 2.79 bits per heavy atom. The Morgan fingerprint density at radius 1 is 1.64 bits per heavy atom. The fourth-order valence-electron chi connectivity index (χ4n) is 1.40. The Kier molecular flexibility index (Phi) is 3.09. The Labute approximate surface area is 102 Å². The van der Waals surface area contributed by atoms with Gasteiger partial charge in [0.1, 0.15) is 5.54 Å². The number of halogens is 1. The Hall–Kier alpha value is 0.250. The van der Waals surface area contributed by atoms with Crippen molar-refractivity contribution in [1.29, 1.82) is 0 Å². The van der Waals surface area contributed by atoms with Crippen LogP contribution in [0, 0.1) is 5.92 Å². The predicted octanol–water partition coefficient (Wildman–Crippen LogP) is 1.80. The molecule has 14 heavy (non-hydrogen) atoms. The van der Waals surface area contributed by atoms with Crippen molar-refractivity contribution in [2.75, 3.05) is 0 Å². The molecule has 0 saturated heterocycles. The van der Waals surface area contributed by atoms with Crippen molar-refractivity contribution in [2.24, 2.45) is 5.92 Å². The molecule has 0 heterocycles. The van der Waals surface area contributed by atoms with Gasteiger partial charge in [-0.25, -0.2) is 3.53 Å². The summed E-state index contributed by atoms with van der Waals surface area (Å²) >= 11 is 3.62. The van der Waals surface area contributed by atoms with Gasteiger partial charge in [0.25, 0.3) is 5.91 Å². The highest BCUT2D eigenvalue weighted by atomic mass is 127. The van der Waals surface area contributed by atoms with Crippen LogP contribution in [0.15, 0.2) is 12.7 Å². The van der Waals surface area contributed by atoms with E-state index in [2.05, 4.69) is 37.7 Å². The average molecular weight is 324 g/mol. The highest BCUT2D eigenvalue weighted by Gasteiger charge is 2.58. The van der Waals surface area contributed by atoms with Gasteiger partial charge in [0.15, 0.2) is 0 Å². The van der Waals surface area contributed by atoms with Crippen molar-refractivity contribution in [3.63, 3.8) is 0 Å². The smallest absolute Gasteiger partial charge is 0.251 e. The van der Waals surface area contributed by atoms with Crippen LogP contribution >= 0.6 is 34.8 Å². The van der Waals surface area contributed by atoms with Crippen LogP contribution in [0.1, 0.15) is 19.3 Å². The van der Waals surface area contributed by atoms with Crippen molar-refractivity contribution < 1.29 is 4.79 Å². The van der Waals surface area contributed by atoms with E-state index in [1.165, 1.54) is 12.8 Å². The number of carbonyl (C=O) groups is 1. The molecule has 2 N–H and O–H groups in total. The van der Waals surface area contributed by atoms with Crippen LogP contribution in [-0.2, 0) is 4.79 Å². The quantitative estimate of drug-likeness (QED) is 0.351. The van der Waals surface area contributed by atoms with Crippen molar-refractivity contribution in [3.8, 4) is 0 Å². The summed E-state index contributed by atoms with van der Waals surface area (Å²) < 4.78 is 6.00. The first-order valence-electron chi connectivity index (χ1n) is 4.69. The predicted molar refractivity (Wildman–Crippen MR) is 66.9 cm³/mol. The highest BCUT2D eigenvalue weighted by Crippen LogP contribution is 2.46. The van der Waals surface area contributed by atoms with Crippen molar-refractivity contribution in [2.45, 2.75) is 30.1 Å². The number of amides is 1. The molecule has 2 rings (SSSR count). The molecule has 0 radical (unpaired) electrons. The summed E-state index contributed by atoms with van der Waals surface area (Å²) in [5, 5.41) is 0.658. The normalized spacial score (nSPS) is 35.1. The molecule has 2 saturated carbocycles. The maximum atomic E-state index is 11.8. The van der Waals surface area contributed by atoms with Crippen LogP contribution in [0.5, 0.6) is 0 Å². The molecule has 78 valence electrons. The third-order valence-corrected chi connectivity index (χ3v) is 4.79. The Bertz CT molecular complexity index is 270. The van der Waals surface area contributed by atoms with E-state index in [0.717, 1.165) is 6.42 Å². The molecule has 0 aliphatic heterocycles. The minimum Gasteiger partial charge on any atom is -0.298 e. The summed E-state index contributed by atoms with van der Waals surface area (Å²) in [6, 6.07) is 0. The molecule has 2 fully saturated rings. The van der Waals surface area contributed by atoms with Gasteiger partial charge in [-0.3, -0.25) is 9.52 Å². The lowest BCUT2D eigenvalue weighted by molar-refractivity contribution is -0.121. The lowest BCUT2D eigenvalue weighted by Gasteiger charge is -2.13. The number of nitrogens with one attached hydrogen (secondary N) is 2. The second-order valence-electron chi connectivity index (χ2n) is 3.86. The molecule has 0 aromatic carbocycles. The van der Waals surface area contributed by atoms with E-state index < -0.39 is 0 Å². The first-order chi connectivity index (χ1) is 6.73. The highest BCUT2D eigenvalue weighted by molar-refractivity contribution is 14.1. The molecular weight excluding hydrogens is 311 g/mol. The minimum absolute atomic E-state index is 0.105. The van der Waals surface area contributed by atoms with Crippen LogP contribution in [0.4, 0.5) is 0 Å². The molecule has 2 aliphatic carbocycles. The molecule has 1 amide bonds. The van der Waals surface area contributed by atoms with Crippen LogP contribution in [0.3, 0.4) is 0 Å².